The number of amides is 1. The number of nitro benzene ring substituents is 1. The number of hydrazone groups is 1. The number of hydrogen-bond acceptors (Lipinski definition) is 7. The predicted molar refractivity (Wildman–Crippen MR) is 96.7 cm³/mol. The Hall–Kier alpha value is -3.75. The molecule has 0 aliphatic heterocycles. The van der Waals surface area contributed by atoms with Gasteiger partial charge in [0.15, 0.2) is 6.61 Å². The van der Waals surface area contributed by atoms with Crippen LogP contribution in [0.3, 0.4) is 0 Å². The maximum absolute atomic E-state index is 11.9. The van der Waals surface area contributed by atoms with Gasteiger partial charge in [-0.15, -0.1) is 0 Å². The van der Waals surface area contributed by atoms with E-state index < -0.39 is 16.8 Å². The molecule has 2 rings (SSSR count). The van der Waals surface area contributed by atoms with Crippen LogP contribution >= 0.6 is 0 Å². The maximum Gasteiger partial charge on any atom is 0.344 e. The molecule has 0 aromatic heterocycles. The number of nitrogens with zero attached hydrogens (tertiary/aromatic N) is 2. The van der Waals surface area contributed by atoms with Gasteiger partial charge in [0.1, 0.15) is 5.75 Å². The summed E-state index contributed by atoms with van der Waals surface area (Å²) in [6.07, 6.45) is 1.43. The molecule has 0 atom stereocenters. The minimum absolute atomic E-state index is 0.0969. The lowest BCUT2D eigenvalue weighted by Crippen LogP contribution is -2.17. The molecule has 0 aliphatic carbocycles. The van der Waals surface area contributed by atoms with Crippen molar-refractivity contribution in [2.45, 2.75) is 6.92 Å². The van der Waals surface area contributed by atoms with Crippen molar-refractivity contribution in [3.05, 3.63) is 69.8 Å². The van der Waals surface area contributed by atoms with E-state index >= 15 is 0 Å². The van der Waals surface area contributed by atoms with E-state index in [9.17, 15) is 19.7 Å². The number of carbonyl (C=O) groups is 2. The summed E-state index contributed by atoms with van der Waals surface area (Å²) in [6.45, 7) is 1.84. The molecule has 9 heteroatoms. The molecule has 1 amide bonds. The van der Waals surface area contributed by atoms with Crippen molar-refractivity contribution >= 4 is 23.8 Å². The van der Waals surface area contributed by atoms with Crippen LogP contribution in [0.25, 0.3) is 0 Å². The van der Waals surface area contributed by atoms with Crippen molar-refractivity contribution in [2.24, 2.45) is 5.10 Å². The van der Waals surface area contributed by atoms with Gasteiger partial charge < -0.3 is 9.47 Å². The molecule has 0 bridgehead atoms. The fourth-order valence-corrected chi connectivity index (χ4v) is 1.96. The van der Waals surface area contributed by atoms with Gasteiger partial charge in [-0.1, -0.05) is 0 Å². The van der Waals surface area contributed by atoms with Crippen LogP contribution in [0, 0.1) is 10.1 Å². The summed E-state index contributed by atoms with van der Waals surface area (Å²) in [5.41, 5.74) is 3.18. The summed E-state index contributed by atoms with van der Waals surface area (Å²) < 4.78 is 10.0. The van der Waals surface area contributed by atoms with E-state index in [1.54, 1.807) is 31.2 Å². The van der Waals surface area contributed by atoms with Gasteiger partial charge in [0.2, 0.25) is 0 Å². The standard InChI is InChI=1S/C18H17N3O6/c1-2-26-17(22)12-27-16-9-3-13(4-10-16)11-19-20-18(23)14-5-7-15(8-6-14)21(24)25/h3-11H,2,12H2,1H3,(H,20,23)/b19-11+. The van der Waals surface area contributed by atoms with E-state index in [0.717, 1.165) is 0 Å². The van der Waals surface area contributed by atoms with Gasteiger partial charge in [-0.3, -0.25) is 14.9 Å². The second-order valence-electron chi connectivity index (χ2n) is 5.17. The summed E-state index contributed by atoms with van der Waals surface area (Å²) in [5, 5.41) is 14.4. The summed E-state index contributed by atoms with van der Waals surface area (Å²) in [6, 6.07) is 11.9. The van der Waals surface area contributed by atoms with Crippen LogP contribution in [-0.4, -0.2) is 36.2 Å². The lowest BCUT2D eigenvalue weighted by atomic mass is 10.2. The zero-order valence-corrected chi connectivity index (χ0v) is 14.5. The van der Waals surface area contributed by atoms with Crippen LogP contribution in [-0.2, 0) is 9.53 Å². The lowest BCUT2D eigenvalue weighted by molar-refractivity contribution is -0.384. The molecule has 0 radical (unpaired) electrons. The maximum atomic E-state index is 11.9. The number of hydrogen-bond donors (Lipinski definition) is 1. The number of nitro groups is 1. The Balaban J connectivity index is 1.85. The molecule has 140 valence electrons. The highest BCUT2D eigenvalue weighted by Gasteiger charge is 2.08. The van der Waals surface area contributed by atoms with Gasteiger partial charge in [0.25, 0.3) is 11.6 Å². The second kappa shape index (κ2) is 9.66. The van der Waals surface area contributed by atoms with Crippen molar-refractivity contribution in [3.63, 3.8) is 0 Å². The topological polar surface area (TPSA) is 120 Å². The lowest BCUT2D eigenvalue weighted by Gasteiger charge is -2.05. The minimum atomic E-state index is -0.542. The second-order valence-corrected chi connectivity index (χ2v) is 5.17. The molecule has 0 saturated heterocycles. The molecule has 0 fully saturated rings. The quantitative estimate of drug-likeness (QED) is 0.329. The molecule has 0 heterocycles. The van der Waals surface area contributed by atoms with Gasteiger partial charge in [0.05, 0.1) is 17.7 Å². The Bertz CT molecular complexity index is 831. The van der Waals surface area contributed by atoms with E-state index in [0.29, 0.717) is 17.9 Å². The minimum Gasteiger partial charge on any atom is -0.482 e. The Morgan fingerprint density at radius 2 is 1.81 bits per heavy atom. The zero-order chi connectivity index (χ0) is 19.6. The van der Waals surface area contributed by atoms with Crippen LogP contribution in [0.1, 0.15) is 22.8 Å². The molecule has 2 aromatic carbocycles. The molecular weight excluding hydrogens is 354 g/mol. The summed E-state index contributed by atoms with van der Waals surface area (Å²) in [5.74, 6) is -0.442. The Morgan fingerprint density at radius 3 is 2.41 bits per heavy atom. The smallest absolute Gasteiger partial charge is 0.344 e. The van der Waals surface area contributed by atoms with Crippen LogP contribution in [0.15, 0.2) is 53.6 Å². The monoisotopic (exact) mass is 371 g/mol. The number of esters is 1. The third-order valence-corrected chi connectivity index (χ3v) is 3.26. The van der Waals surface area contributed by atoms with Crippen LogP contribution in [0.4, 0.5) is 5.69 Å². The van der Waals surface area contributed by atoms with Crippen molar-refractivity contribution in [3.8, 4) is 5.75 Å². The fourth-order valence-electron chi connectivity index (χ4n) is 1.96. The van der Waals surface area contributed by atoms with Crippen molar-refractivity contribution in [2.75, 3.05) is 13.2 Å². The zero-order valence-electron chi connectivity index (χ0n) is 14.5. The molecule has 2 aromatic rings. The number of carbonyl (C=O) groups excluding carboxylic acids is 2. The number of benzene rings is 2. The van der Waals surface area contributed by atoms with Crippen LogP contribution < -0.4 is 10.2 Å². The summed E-state index contributed by atoms with van der Waals surface area (Å²) in [4.78, 5) is 33.2. The number of non-ortho nitro benzene ring substituents is 1. The van der Waals surface area contributed by atoms with E-state index in [1.807, 2.05) is 0 Å². The normalized spacial score (nSPS) is 10.4. The SMILES string of the molecule is CCOC(=O)COc1ccc(/C=N/NC(=O)c2ccc([N+](=O)[O-])cc2)cc1. The van der Waals surface area contributed by atoms with Gasteiger partial charge in [-0.05, 0) is 48.9 Å². The molecule has 9 nitrogen and oxygen atoms in total. The first kappa shape index (κ1) is 19.6. The Morgan fingerprint density at radius 1 is 1.15 bits per heavy atom. The summed E-state index contributed by atoms with van der Waals surface area (Å²) in [7, 11) is 0. The van der Waals surface area contributed by atoms with Gasteiger partial charge >= 0.3 is 5.97 Å². The van der Waals surface area contributed by atoms with E-state index in [4.69, 9.17) is 9.47 Å². The third-order valence-electron chi connectivity index (χ3n) is 3.26. The van der Waals surface area contributed by atoms with E-state index in [1.165, 1.54) is 30.5 Å². The van der Waals surface area contributed by atoms with Crippen molar-refractivity contribution in [1.29, 1.82) is 0 Å². The van der Waals surface area contributed by atoms with Gasteiger partial charge in [0, 0.05) is 17.7 Å². The first-order chi connectivity index (χ1) is 13.0. The molecule has 1 N–H and O–H groups in total. The molecule has 27 heavy (non-hydrogen) atoms. The molecule has 0 aliphatic rings. The highest BCUT2D eigenvalue weighted by atomic mass is 16.6. The fraction of sp³-hybridized carbons (Fsp3) is 0.167. The highest BCUT2D eigenvalue weighted by molar-refractivity contribution is 5.95. The molecular formula is C18H17N3O6. The molecule has 0 saturated carbocycles. The molecule has 0 spiro atoms. The Kier molecular flexibility index (Phi) is 7.00. The number of nitrogens with one attached hydrogen (secondary N) is 1. The van der Waals surface area contributed by atoms with E-state index in [2.05, 4.69) is 10.5 Å². The highest BCUT2D eigenvalue weighted by Crippen LogP contribution is 2.12. The van der Waals surface area contributed by atoms with E-state index in [-0.39, 0.29) is 17.9 Å². The third kappa shape index (κ3) is 6.24. The number of rotatable bonds is 8. The summed E-state index contributed by atoms with van der Waals surface area (Å²) >= 11 is 0. The average molecular weight is 371 g/mol. The van der Waals surface area contributed by atoms with Crippen molar-refractivity contribution in [1.82, 2.24) is 5.43 Å². The first-order valence-electron chi connectivity index (χ1n) is 7.96. The van der Waals surface area contributed by atoms with Crippen LogP contribution in [0.2, 0.25) is 0 Å². The van der Waals surface area contributed by atoms with Gasteiger partial charge in [-0.25, -0.2) is 10.2 Å². The number of ether oxygens (including phenoxy) is 2. The molecule has 0 unspecified atom stereocenters. The van der Waals surface area contributed by atoms with Gasteiger partial charge in [-0.2, -0.15) is 5.10 Å². The Labute approximate surface area is 154 Å². The predicted octanol–water partition coefficient (Wildman–Crippen LogP) is 2.30. The van der Waals surface area contributed by atoms with Crippen molar-refractivity contribution < 1.29 is 24.0 Å². The van der Waals surface area contributed by atoms with Crippen LogP contribution in [0.5, 0.6) is 5.75 Å². The first-order valence-corrected chi connectivity index (χ1v) is 7.96. The largest absolute Gasteiger partial charge is 0.482 e. The average Bonchev–Trinajstić information content (AvgIpc) is 2.67.